The zero-order chi connectivity index (χ0) is 85.9. The molecule has 0 spiro atoms. The van der Waals surface area contributed by atoms with Crippen LogP contribution in [-0.2, 0) is 24.7 Å². The quantitative estimate of drug-likeness (QED) is 0.107. The van der Waals surface area contributed by atoms with Gasteiger partial charge in [0.05, 0.1) is 0 Å². The summed E-state index contributed by atoms with van der Waals surface area (Å²) in [7, 11) is 0. The van der Waals surface area contributed by atoms with E-state index in [1.165, 1.54) is 24.3 Å². The average Bonchev–Trinajstić information content (AvgIpc) is 0.793. The number of rotatable bonds is 12. The first-order valence-electron chi connectivity index (χ1n) is 40.4. The highest BCUT2D eigenvalue weighted by Crippen LogP contribution is 2.47. The summed E-state index contributed by atoms with van der Waals surface area (Å²) in [5, 5.41) is 0. The molecule has 680 valence electrons. The highest BCUT2D eigenvalue weighted by molar-refractivity contribution is 5.49. The molecule has 4 aromatic carbocycles. The van der Waals surface area contributed by atoms with E-state index in [0.29, 0.717) is 192 Å². The predicted octanol–water partition coefficient (Wildman–Crippen LogP) is 23.6. The van der Waals surface area contributed by atoms with Gasteiger partial charge in [0, 0.05) is 120 Å². The van der Waals surface area contributed by atoms with E-state index < -0.39 is 47.5 Å². The minimum absolute atomic E-state index is 0. The van der Waals surface area contributed by atoms with Crippen molar-refractivity contribution in [2.45, 2.75) is 209 Å². The molecule has 8 atom stereocenters. The maximum atomic E-state index is 14.7. The summed E-state index contributed by atoms with van der Waals surface area (Å²) >= 11 is 0. The third-order valence-electron chi connectivity index (χ3n) is 23.4. The van der Waals surface area contributed by atoms with Crippen molar-refractivity contribution < 1.29 is 108 Å². The lowest BCUT2D eigenvalue weighted by molar-refractivity contribution is -0.142. The van der Waals surface area contributed by atoms with E-state index in [2.05, 4.69) is 39.5 Å². The summed E-state index contributed by atoms with van der Waals surface area (Å²) in [5.74, 6) is 1.97. The monoisotopic (exact) mass is 1760 g/mol. The summed E-state index contributed by atoms with van der Waals surface area (Å²) < 4.78 is 261. The van der Waals surface area contributed by atoms with Crippen LogP contribution in [0.3, 0.4) is 0 Å². The van der Waals surface area contributed by atoms with E-state index >= 15 is 0 Å². The molecule has 124 heavy (non-hydrogen) atoms. The molecule has 8 aromatic rings. The molecule has 8 aliphatic heterocycles. The molecule has 0 aliphatic carbocycles. The third-order valence-corrected chi connectivity index (χ3v) is 23.4. The van der Waals surface area contributed by atoms with Gasteiger partial charge in [0.2, 0.25) is 0 Å². The van der Waals surface area contributed by atoms with Crippen molar-refractivity contribution in [2.75, 3.05) is 105 Å². The number of likely N-dealkylation sites (tertiary alicyclic amines) is 4. The Balaban J connectivity index is 0.000000185. The Morgan fingerprint density at radius 3 is 0.613 bits per heavy atom. The maximum Gasteiger partial charge on any atom is 0.433 e. The number of halogens is 16. The number of pyridine rings is 4. The molecule has 0 radical (unpaired) electrons. The van der Waals surface area contributed by atoms with Crippen molar-refractivity contribution in [1.29, 1.82) is 0 Å². The van der Waals surface area contributed by atoms with Crippen molar-refractivity contribution in [3.8, 4) is 46.0 Å². The van der Waals surface area contributed by atoms with Crippen molar-refractivity contribution in [3.63, 3.8) is 0 Å². The largest absolute Gasteiger partial charge is 0.486 e. The van der Waals surface area contributed by atoms with Crippen LogP contribution < -0.4 is 37.9 Å². The number of hydrogen-bond donors (Lipinski definition) is 0. The molecule has 16 nitrogen and oxygen atoms in total. The summed E-state index contributed by atoms with van der Waals surface area (Å²) in [5.41, 5.74) is 2.50. The Bertz CT molecular complexity index is 4330. The van der Waals surface area contributed by atoms with Crippen molar-refractivity contribution >= 4 is 0 Å². The van der Waals surface area contributed by atoms with Crippen molar-refractivity contribution in [2.24, 2.45) is 0 Å². The van der Waals surface area contributed by atoms with Crippen LogP contribution in [0.4, 0.5) is 70.2 Å². The number of piperidine rings is 4. The lowest BCUT2D eigenvalue weighted by Crippen LogP contribution is -2.36. The van der Waals surface area contributed by atoms with Gasteiger partial charge in [-0.3, -0.25) is 19.6 Å². The van der Waals surface area contributed by atoms with Gasteiger partial charge in [-0.15, -0.1) is 0 Å². The van der Waals surface area contributed by atoms with Gasteiger partial charge in [0.1, 0.15) is 98.9 Å². The molecule has 4 saturated heterocycles. The molecule has 0 bridgehead atoms. The van der Waals surface area contributed by atoms with E-state index in [1.54, 1.807) is 76.2 Å². The van der Waals surface area contributed by atoms with Crippen LogP contribution in [0.1, 0.15) is 247 Å². The fraction of sp³-hybridized carbons (Fsp3) is 0.522. The Kier molecular flexibility index (Phi) is 32.8. The minimum atomic E-state index is -4.48. The van der Waals surface area contributed by atoms with Crippen LogP contribution in [0.2, 0.25) is 0 Å². The van der Waals surface area contributed by atoms with Crippen LogP contribution in [0.5, 0.6) is 46.0 Å². The third kappa shape index (κ3) is 23.8. The number of hydrogen-bond acceptors (Lipinski definition) is 16. The average molecular weight is 1760 g/mol. The van der Waals surface area contributed by atoms with Crippen molar-refractivity contribution in [1.82, 2.24) is 39.5 Å². The Labute approximate surface area is 715 Å². The molecule has 8 aliphatic rings. The van der Waals surface area contributed by atoms with Gasteiger partial charge >= 0.3 is 24.7 Å². The van der Waals surface area contributed by atoms with E-state index in [9.17, 15) is 70.2 Å². The molecule has 16 rings (SSSR count). The van der Waals surface area contributed by atoms with Crippen LogP contribution in [0.15, 0.2) is 97.1 Å². The van der Waals surface area contributed by atoms with Gasteiger partial charge in [0.25, 0.3) is 0 Å². The molecule has 32 heteroatoms. The van der Waals surface area contributed by atoms with E-state index in [0.717, 1.165) is 102 Å². The molecular weight excluding hydrogens is 1650 g/mol. The van der Waals surface area contributed by atoms with E-state index in [1.807, 2.05) is 27.7 Å². The first kappa shape index (κ1) is 98.4. The number of benzene rings is 4. The highest BCUT2D eigenvalue weighted by atomic mass is 19.4. The van der Waals surface area contributed by atoms with Crippen LogP contribution in [-0.4, -0.2) is 145 Å². The van der Waals surface area contributed by atoms with Gasteiger partial charge in [0.15, 0.2) is 46.0 Å². The van der Waals surface area contributed by atoms with Crippen molar-refractivity contribution in [3.05, 3.63) is 210 Å². The number of fused-ring (bicyclic) bond motifs is 4. The molecule has 0 saturated carbocycles. The van der Waals surface area contributed by atoms with E-state index in [4.69, 9.17) is 37.9 Å². The van der Waals surface area contributed by atoms with Crippen LogP contribution in [0.25, 0.3) is 0 Å². The second-order valence-corrected chi connectivity index (χ2v) is 31.8. The number of aryl methyl sites for hydroxylation is 4. The lowest BCUT2D eigenvalue weighted by atomic mass is 9.88. The summed E-state index contributed by atoms with van der Waals surface area (Å²) in [6.45, 7) is 22.4. The molecule has 0 amide bonds. The number of aromatic nitrogens is 4. The lowest BCUT2D eigenvalue weighted by Gasteiger charge is -2.37. The fourth-order valence-electron chi connectivity index (χ4n) is 17.2. The smallest absolute Gasteiger partial charge is 0.433 e. The van der Waals surface area contributed by atoms with Gasteiger partial charge < -0.3 is 37.9 Å². The Hall–Kier alpha value is -9.40. The second kappa shape index (κ2) is 41.4. The number of ether oxygens (including phenoxy) is 8. The summed E-state index contributed by atoms with van der Waals surface area (Å²) in [4.78, 5) is 23.0. The Morgan fingerprint density at radius 1 is 0.274 bits per heavy atom. The highest BCUT2D eigenvalue weighted by Gasteiger charge is 2.41. The zero-order valence-electron chi connectivity index (χ0n) is 67.7. The zero-order valence-corrected chi connectivity index (χ0v) is 67.7. The first-order valence-corrected chi connectivity index (χ1v) is 40.4. The summed E-state index contributed by atoms with van der Waals surface area (Å²) in [6, 6.07) is 22.6. The normalized spacial score (nSPS) is 20.1. The molecule has 12 heterocycles. The number of nitrogens with zero attached hydrogens (tertiary/aromatic N) is 8. The number of alkyl halides is 12. The fourth-order valence-corrected chi connectivity index (χ4v) is 17.2. The minimum Gasteiger partial charge on any atom is -0.486 e. The Morgan fingerprint density at radius 2 is 0.444 bits per heavy atom. The standard InChI is InChI=1S/4C22H24F4N2O2.4CH4/c4*1-13-8-16(9-21(27-13)22(24,25)26)15-4-3-5-28(12-15)14(2)17-10-19-20(11-18(17)23)30-7-6-29-19;;;;/h4*8-11,14-15H,3-7,12H2,1-2H3;4*1H4/t2*14-,15+;2*14-,15-;;;;/m1010..../s1. The first-order chi connectivity index (χ1) is 56.9. The molecule has 0 unspecified atom stereocenters. The maximum absolute atomic E-state index is 14.7. The molecule has 4 aromatic heterocycles. The topological polar surface area (TPSA) is 138 Å². The van der Waals surface area contributed by atoms with Gasteiger partial charge in [-0.2, -0.15) is 52.7 Å². The van der Waals surface area contributed by atoms with Crippen LogP contribution in [0, 0.1) is 51.0 Å². The predicted molar refractivity (Wildman–Crippen MR) is 440 cm³/mol. The second-order valence-electron chi connectivity index (χ2n) is 31.8. The van der Waals surface area contributed by atoms with E-state index in [-0.39, 0.29) is 101 Å². The van der Waals surface area contributed by atoms with Gasteiger partial charge in [-0.05, 0) is 252 Å². The summed E-state index contributed by atoms with van der Waals surface area (Å²) in [6.07, 6.45) is -11.5. The van der Waals surface area contributed by atoms with Crippen LogP contribution >= 0.6 is 0 Å². The van der Waals surface area contributed by atoms with Gasteiger partial charge in [-0.1, -0.05) is 29.7 Å². The molecule has 4 fully saturated rings. The SMILES string of the molecule is C.C.C.C.Cc1cc([C@@H]2CCCN([C@@H](C)c3cc4c(cc3F)OCCO4)C2)cc(C(F)(F)F)n1.Cc1cc([C@@H]2CCCN([C@H](C)c3cc4c(cc3F)OCCO4)C2)cc(C(F)(F)F)n1.Cc1cc([C@H]2CCCN([C@@H](C)c3cc4c(cc3F)OCCO4)C2)cc(C(F)(F)F)n1.Cc1cc([C@H]2CCCN([C@H](C)c3cc4c(cc3F)OCCO4)C2)cc(C(F)(F)F)n1. The van der Waals surface area contributed by atoms with Gasteiger partial charge in [-0.25, -0.2) is 37.5 Å². The molecular formula is C92H112F16N8O8. The molecule has 0 N–H and O–H groups in total.